The van der Waals surface area contributed by atoms with Crippen LogP contribution in [0.1, 0.15) is 26.2 Å². The van der Waals surface area contributed by atoms with Gasteiger partial charge in [0, 0.05) is 34.8 Å². The van der Waals surface area contributed by atoms with E-state index in [1.165, 1.54) is 31.5 Å². The van der Waals surface area contributed by atoms with Gasteiger partial charge in [0.1, 0.15) is 0 Å². The molecule has 92 valence electrons. The molecule has 3 heteroatoms. The lowest BCUT2D eigenvalue weighted by atomic mass is 10.2. The van der Waals surface area contributed by atoms with Gasteiger partial charge in [0.2, 0.25) is 0 Å². The summed E-state index contributed by atoms with van der Waals surface area (Å²) in [5.41, 5.74) is 1.24. The predicted molar refractivity (Wildman–Crippen MR) is 75.4 cm³/mol. The molecule has 2 fully saturated rings. The highest BCUT2D eigenvalue weighted by molar-refractivity contribution is 9.10. The van der Waals surface area contributed by atoms with Crippen molar-refractivity contribution < 1.29 is 0 Å². The molecular formula is C14H19BrN2. The van der Waals surface area contributed by atoms with Crippen molar-refractivity contribution in [2.45, 2.75) is 44.3 Å². The SMILES string of the molecule is CC1CC(Nc2ccc(Br)cc2)CN1C1CC1. The molecule has 1 aliphatic carbocycles. The topological polar surface area (TPSA) is 15.3 Å². The van der Waals surface area contributed by atoms with Crippen LogP contribution in [0.4, 0.5) is 5.69 Å². The monoisotopic (exact) mass is 294 g/mol. The largest absolute Gasteiger partial charge is 0.381 e. The third-order valence-electron chi connectivity index (χ3n) is 3.85. The fourth-order valence-electron chi connectivity index (χ4n) is 2.86. The maximum atomic E-state index is 3.65. The first kappa shape index (κ1) is 11.5. The van der Waals surface area contributed by atoms with Gasteiger partial charge in [0.25, 0.3) is 0 Å². The summed E-state index contributed by atoms with van der Waals surface area (Å²) in [6.07, 6.45) is 4.09. The first-order valence-corrected chi connectivity index (χ1v) is 7.29. The standard InChI is InChI=1S/C14H19BrN2/c1-10-8-13(9-17(10)14-6-7-14)16-12-4-2-11(15)3-5-12/h2-5,10,13-14,16H,6-9H2,1H3. The van der Waals surface area contributed by atoms with Gasteiger partial charge in [-0.3, -0.25) is 4.90 Å². The van der Waals surface area contributed by atoms with Gasteiger partial charge in [-0.15, -0.1) is 0 Å². The molecule has 0 radical (unpaired) electrons. The number of halogens is 1. The minimum Gasteiger partial charge on any atom is -0.381 e. The molecule has 1 aromatic carbocycles. The van der Waals surface area contributed by atoms with Crippen molar-refractivity contribution in [2.75, 3.05) is 11.9 Å². The Morgan fingerprint density at radius 2 is 1.94 bits per heavy atom. The van der Waals surface area contributed by atoms with Crippen LogP contribution in [0, 0.1) is 0 Å². The van der Waals surface area contributed by atoms with Gasteiger partial charge in [-0.2, -0.15) is 0 Å². The highest BCUT2D eigenvalue weighted by Gasteiger charge is 2.38. The van der Waals surface area contributed by atoms with Gasteiger partial charge >= 0.3 is 0 Å². The molecule has 3 rings (SSSR count). The molecule has 0 spiro atoms. The summed E-state index contributed by atoms with van der Waals surface area (Å²) in [5.74, 6) is 0. The predicted octanol–water partition coefficient (Wildman–Crippen LogP) is 3.49. The van der Waals surface area contributed by atoms with Crippen molar-refractivity contribution in [3.8, 4) is 0 Å². The van der Waals surface area contributed by atoms with E-state index in [0.29, 0.717) is 6.04 Å². The fraction of sp³-hybridized carbons (Fsp3) is 0.571. The highest BCUT2D eigenvalue weighted by atomic mass is 79.9. The van der Waals surface area contributed by atoms with Crippen molar-refractivity contribution in [1.29, 1.82) is 0 Å². The lowest BCUT2D eigenvalue weighted by molar-refractivity contribution is 0.257. The summed E-state index contributed by atoms with van der Waals surface area (Å²) in [4.78, 5) is 2.68. The second-order valence-electron chi connectivity index (χ2n) is 5.36. The van der Waals surface area contributed by atoms with Gasteiger partial charge in [0.05, 0.1) is 0 Å². The van der Waals surface area contributed by atoms with E-state index in [2.05, 4.69) is 57.3 Å². The van der Waals surface area contributed by atoms with Crippen LogP contribution >= 0.6 is 15.9 Å². The number of rotatable bonds is 3. The number of hydrogen-bond acceptors (Lipinski definition) is 2. The molecule has 1 saturated carbocycles. The summed E-state index contributed by atoms with van der Waals surface area (Å²) in [7, 11) is 0. The molecule has 1 saturated heterocycles. The normalized spacial score (nSPS) is 29.5. The van der Waals surface area contributed by atoms with Crippen LogP contribution in [0.15, 0.2) is 28.7 Å². The molecule has 2 unspecified atom stereocenters. The molecule has 2 atom stereocenters. The van der Waals surface area contributed by atoms with Crippen LogP contribution in [0.25, 0.3) is 0 Å². The van der Waals surface area contributed by atoms with Crippen molar-refractivity contribution in [2.24, 2.45) is 0 Å². The summed E-state index contributed by atoms with van der Waals surface area (Å²) >= 11 is 3.47. The lowest BCUT2D eigenvalue weighted by Gasteiger charge is -2.19. The van der Waals surface area contributed by atoms with E-state index in [9.17, 15) is 0 Å². The van der Waals surface area contributed by atoms with Gasteiger partial charge in [0.15, 0.2) is 0 Å². The maximum Gasteiger partial charge on any atom is 0.0403 e. The molecule has 0 aromatic heterocycles. The average Bonchev–Trinajstić information content (AvgIpc) is 3.08. The Morgan fingerprint density at radius 3 is 2.59 bits per heavy atom. The average molecular weight is 295 g/mol. The number of anilines is 1. The number of benzene rings is 1. The first-order valence-electron chi connectivity index (χ1n) is 6.50. The zero-order chi connectivity index (χ0) is 11.8. The van der Waals surface area contributed by atoms with E-state index in [0.717, 1.165) is 16.6 Å². The van der Waals surface area contributed by atoms with Gasteiger partial charge in [-0.05, 0) is 50.5 Å². The zero-order valence-electron chi connectivity index (χ0n) is 10.2. The Kier molecular flexibility index (Phi) is 3.14. The van der Waals surface area contributed by atoms with E-state index in [1.807, 2.05) is 0 Å². The smallest absolute Gasteiger partial charge is 0.0403 e. The quantitative estimate of drug-likeness (QED) is 0.918. The number of nitrogens with one attached hydrogen (secondary N) is 1. The Morgan fingerprint density at radius 1 is 1.24 bits per heavy atom. The molecule has 1 aromatic rings. The zero-order valence-corrected chi connectivity index (χ0v) is 11.8. The van der Waals surface area contributed by atoms with Gasteiger partial charge in [-0.25, -0.2) is 0 Å². The highest BCUT2D eigenvalue weighted by Crippen LogP contribution is 2.34. The van der Waals surface area contributed by atoms with E-state index < -0.39 is 0 Å². The van der Waals surface area contributed by atoms with Crippen LogP contribution in [0.2, 0.25) is 0 Å². The van der Waals surface area contributed by atoms with Gasteiger partial charge < -0.3 is 5.32 Å². The Labute approximate surface area is 112 Å². The molecule has 17 heavy (non-hydrogen) atoms. The van der Waals surface area contributed by atoms with E-state index in [-0.39, 0.29) is 0 Å². The molecule has 0 bridgehead atoms. The van der Waals surface area contributed by atoms with Crippen molar-refractivity contribution in [3.05, 3.63) is 28.7 Å². The van der Waals surface area contributed by atoms with E-state index in [1.54, 1.807) is 0 Å². The minimum atomic E-state index is 0.617. The maximum absolute atomic E-state index is 3.65. The van der Waals surface area contributed by atoms with Crippen molar-refractivity contribution in [3.63, 3.8) is 0 Å². The van der Waals surface area contributed by atoms with Crippen molar-refractivity contribution >= 4 is 21.6 Å². The summed E-state index contributed by atoms with van der Waals surface area (Å²) in [6.45, 7) is 3.57. The van der Waals surface area contributed by atoms with E-state index in [4.69, 9.17) is 0 Å². The number of nitrogens with zero attached hydrogens (tertiary/aromatic N) is 1. The Balaban J connectivity index is 1.61. The van der Waals surface area contributed by atoms with Crippen LogP contribution in [0.5, 0.6) is 0 Å². The van der Waals surface area contributed by atoms with Gasteiger partial charge in [-0.1, -0.05) is 15.9 Å². The molecule has 1 heterocycles. The Bertz CT molecular complexity index is 386. The summed E-state index contributed by atoms with van der Waals surface area (Å²) < 4.78 is 1.14. The Hall–Kier alpha value is -0.540. The number of likely N-dealkylation sites (tertiary alicyclic amines) is 1. The third-order valence-corrected chi connectivity index (χ3v) is 4.38. The van der Waals surface area contributed by atoms with Crippen LogP contribution < -0.4 is 5.32 Å². The molecule has 1 N–H and O–H groups in total. The van der Waals surface area contributed by atoms with E-state index >= 15 is 0 Å². The van der Waals surface area contributed by atoms with Crippen LogP contribution in [0.3, 0.4) is 0 Å². The molecular weight excluding hydrogens is 276 g/mol. The molecule has 1 aliphatic heterocycles. The number of hydrogen-bond donors (Lipinski definition) is 1. The van der Waals surface area contributed by atoms with Crippen molar-refractivity contribution in [1.82, 2.24) is 4.90 Å². The molecule has 2 aliphatic rings. The lowest BCUT2D eigenvalue weighted by Crippen LogP contribution is -2.30. The second-order valence-corrected chi connectivity index (χ2v) is 6.28. The van der Waals surface area contributed by atoms with Crippen LogP contribution in [-0.4, -0.2) is 29.6 Å². The minimum absolute atomic E-state index is 0.617. The second kappa shape index (κ2) is 4.62. The fourth-order valence-corrected chi connectivity index (χ4v) is 3.12. The molecule has 0 amide bonds. The van der Waals surface area contributed by atoms with Crippen LogP contribution in [-0.2, 0) is 0 Å². The first-order chi connectivity index (χ1) is 8.22. The third kappa shape index (κ3) is 2.66. The summed E-state index contributed by atoms with van der Waals surface area (Å²) in [6, 6.07) is 10.7. The summed E-state index contributed by atoms with van der Waals surface area (Å²) in [5, 5.41) is 3.65. The molecule has 2 nitrogen and oxygen atoms in total.